The summed E-state index contributed by atoms with van der Waals surface area (Å²) in [7, 11) is 0. The summed E-state index contributed by atoms with van der Waals surface area (Å²) >= 11 is 0. The Morgan fingerprint density at radius 2 is 1.78 bits per heavy atom. The van der Waals surface area contributed by atoms with E-state index in [2.05, 4.69) is 0 Å². The average molecular weight is 253 g/mol. The van der Waals surface area contributed by atoms with E-state index < -0.39 is 23.3 Å². The highest BCUT2D eigenvalue weighted by atomic mass is 19.2. The predicted molar refractivity (Wildman–Crippen MR) is 62.6 cm³/mol. The Morgan fingerprint density at radius 1 is 1.11 bits per heavy atom. The fourth-order valence-corrected chi connectivity index (χ4v) is 2.03. The molecule has 1 amide bonds. The number of anilines is 1. The summed E-state index contributed by atoms with van der Waals surface area (Å²) in [5, 5.41) is 0. The Morgan fingerprint density at radius 3 is 2.44 bits per heavy atom. The van der Waals surface area contributed by atoms with Gasteiger partial charge in [0.2, 0.25) is 0 Å². The van der Waals surface area contributed by atoms with Gasteiger partial charge in [-0.25, -0.2) is 8.78 Å². The number of Topliss-reactive ketones (excluding diaryl/α,β-unsaturated/α-hetero) is 1. The van der Waals surface area contributed by atoms with Gasteiger partial charge in [-0.15, -0.1) is 0 Å². The summed E-state index contributed by atoms with van der Waals surface area (Å²) in [6, 6.07) is 1.71. The van der Waals surface area contributed by atoms with Gasteiger partial charge in [-0.2, -0.15) is 0 Å². The van der Waals surface area contributed by atoms with Gasteiger partial charge in [0.1, 0.15) is 0 Å². The number of nitrogens with zero attached hydrogens (tertiary/aromatic N) is 1. The molecule has 0 saturated heterocycles. The maximum atomic E-state index is 13.2. The maximum Gasteiger partial charge on any atom is 0.299 e. The molecule has 0 atom stereocenters. The smallest absolute Gasteiger partial charge is 0.299 e. The molecule has 5 heteroatoms. The molecule has 0 aliphatic carbocycles. The van der Waals surface area contributed by atoms with E-state index in [1.165, 1.54) is 4.90 Å². The lowest BCUT2D eigenvalue weighted by atomic mass is 10.1. The molecule has 96 valence electrons. The van der Waals surface area contributed by atoms with Crippen molar-refractivity contribution in [1.29, 1.82) is 0 Å². The minimum atomic E-state index is -1.11. The Hall–Kier alpha value is -1.78. The van der Waals surface area contributed by atoms with Crippen LogP contribution in [-0.4, -0.2) is 18.2 Å². The van der Waals surface area contributed by atoms with Gasteiger partial charge < -0.3 is 4.90 Å². The second-order valence-electron chi connectivity index (χ2n) is 4.28. The summed E-state index contributed by atoms with van der Waals surface area (Å²) < 4.78 is 26.2. The number of unbranched alkanes of at least 4 members (excludes halogenated alkanes) is 2. The summed E-state index contributed by atoms with van der Waals surface area (Å²) in [6.07, 6.45) is 2.62. The molecule has 0 radical (unpaired) electrons. The van der Waals surface area contributed by atoms with E-state index in [0.717, 1.165) is 31.4 Å². The summed E-state index contributed by atoms with van der Waals surface area (Å²) in [5.41, 5.74) is 0.135. The van der Waals surface area contributed by atoms with E-state index >= 15 is 0 Å². The highest BCUT2D eigenvalue weighted by Crippen LogP contribution is 2.31. The van der Waals surface area contributed by atoms with Gasteiger partial charge in [-0.3, -0.25) is 9.59 Å². The average Bonchev–Trinajstić information content (AvgIpc) is 2.56. The van der Waals surface area contributed by atoms with Crippen LogP contribution < -0.4 is 4.90 Å². The van der Waals surface area contributed by atoms with Crippen molar-refractivity contribution < 1.29 is 18.4 Å². The van der Waals surface area contributed by atoms with Crippen LogP contribution >= 0.6 is 0 Å². The molecular formula is C13H13F2NO2. The first kappa shape index (κ1) is 12.7. The first-order valence-corrected chi connectivity index (χ1v) is 5.91. The molecule has 0 unspecified atom stereocenters. The van der Waals surface area contributed by atoms with Crippen molar-refractivity contribution in [2.24, 2.45) is 0 Å². The van der Waals surface area contributed by atoms with Gasteiger partial charge in [0.05, 0.1) is 11.3 Å². The molecule has 0 aromatic heterocycles. The zero-order chi connectivity index (χ0) is 13.3. The Bertz CT molecular complexity index is 514. The molecule has 0 bridgehead atoms. The molecule has 0 spiro atoms. The number of benzene rings is 1. The highest BCUT2D eigenvalue weighted by molar-refractivity contribution is 6.52. The van der Waals surface area contributed by atoms with Crippen LogP contribution in [0.15, 0.2) is 12.1 Å². The number of hydrogen-bond acceptors (Lipinski definition) is 2. The fraction of sp³-hybridized carbons (Fsp3) is 0.385. The standard InChI is InChI=1S/C13H13F2NO2/c1-2-3-4-5-16-11-7-10(15)9(14)6-8(11)12(17)13(16)18/h6-7H,2-5H2,1H3. The molecule has 3 nitrogen and oxygen atoms in total. The number of ketones is 1. The van der Waals surface area contributed by atoms with Crippen LogP contribution in [-0.2, 0) is 4.79 Å². The molecule has 1 aromatic carbocycles. The quantitative estimate of drug-likeness (QED) is 0.611. The predicted octanol–water partition coefficient (Wildman–Crippen LogP) is 2.68. The molecule has 1 aliphatic heterocycles. The van der Waals surface area contributed by atoms with Crippen molar-refractivity contribution in [2.75, 3.05) is 11.4 Å². The van der Waals surface area contributed by atoms with Crippen molar-refractivity contribution in [3.05, 3.63) is 29.3 Å². The van der Waals surface area contributed by atoms with Crippen LogP contribution in [0.4, 0.5) is 14.5 Å². The third-order valence-electron chi connectivity index (χ3n) is 3.00. The summed E-state index contributed by atoms with van der Waals surface area (Å²) in [4.78, 5) is 24.6. The number of rotatable bonds is 4. The molecule has 0 saturated carbocycles. The van der Waals surface area contributed by atoms with Crippen molar-refractivity contribution >= 4 is 17.4 Å². The highest BCUT2D eigenvalue weighted by Gasteiger charge is 2.36. The van der Waals surface area contributed by atoms with E-state index in [9.17, 15) is 18.4 Å². The van der Waals surface area contributed by atoms with Crippen LogP contribution in [0.5, 0.6) is 0 Å². The number of halogens is 2. The molecule has 0 fully saturated rings. The SMILES string of the molecule is CCCCCN1C(=O)C(=O)c2cc(F)c(F)cc21. The lowest BCUT2D eigenvalue weighted by Crippen LogP contribution is -2.30. The monoisotopic (exact) mass is 253 g/mol. The number of amides is 1. The normalized spacial score (nSPS) is 14.3. The first-order valence-electron chi connectivity index (χ1n) is 5.91. The molecular weight excluding hydrogens is 240 g/mol. The zero-order valence-corrected chi connectivity index (χ0v) is 10.0. The van der Waals surface area contributed by atoms with Crippen LogP contribution in [0, 0.1) is 11.6 Å². The van der Waals surface area contributed by atoms with Crippen molar-refractivity contribution in [1.82, 2.24) is 0 Å². The lowest BCUT2D eigenvalue weighted by molar-refractivity contribution is -0.114. The van der Waals surface area contributed by atoms with E-state index in [1.54, 1.807) is 0 Å². The van der Waals surface area contributed by atoms with Crippen molar-refractivity contribution in [2.45, 2.75) is 26.2 Å². The molecule has 2 rings (SSSR count). The molecule has 1 aliphatic rings. The number of carbonyl (C=O) groups is 2. The molecule has 0 N–H and O–H groups in total. The van der Waals surface area contributed by atoms with Gasteiger partial charge >= 0.3 is 0 Å². The topological polar surface area (TPSA) is 37.4 Å². The molecule has 1 aromatic rings. The minimum Gasteiger partial charge on any atom is -0.305 e. The summed E-state index contributed by atoms with van der Waals surface area (Å²) in [6.45, 7) is 2.37. The second kappa shape index (κ2) is 4.84. The van der Waals surface area contributed by atoms with Crippen LogP contribution in [0.3, 0.4) is 0 Å². The van der Waals surface area contributed by atoms with E-state index in [-0.39, 0.29) is 11.3 Å². The van der Waals surface area contributed by atoms with Crippen molar-refractivity contribution in [3.8, 4) is 0 Å². The van der Waals surface area contributed by atoms with Gasteiger partial charge in [0.15, 0.2) is 11.6 Å². The van der Waals surface area contributed by atoms with Gasteiger partial charge in [-0.1, -0.05) is 19.8 Å². The van der Waals surface area contributed by atoms with Gasteiger partial charge in [0.25, 0.3) is 11.7 Å². The third-order valence-corrected chi connectivity index (χ3v) is 3.00. The van der Waals surface area contributed by atoms with Crippen molar-refractivity contribution in [3.63, 3.8) is 0 Å². The number of fused-ring (bicyclic) bond motifs is 1. The van der Waals surface area contributed by atoms with E-state index in [0.29, 0.717) is 6.54 Å². The number of hydrogen-bond donors (Lipinski definition) is 0. The van der Waals surface area contributed by atoms with Crippen LogP contribution in [0.1, 0.15) is 36.5 Å². The Labute approximate surface area is 103 Å². The Kier molecular flexibility index (Phi) is 3.41. The number of carbonyl (C=O) groups excluding carboxylic acids is 2. The second-order valence-corrected chi connectivity index (χ2v) is 4.28. The van der Waals surface area contributed by atoms with E-state index in [1.807, 2.05) is 6.92 Å². The largest absolute Gasteiger partial charge is 0.305 e. The Balaban J connectivity index is 2.33. The minimum absolute atomic E-state index is 0.0459. The molecule has 18 heavy (non-hydrogen) atoms. The van der Waals surface area contributed by atoms with Gasteiger partial charge in [0, 0.05) is 12.6 Å². The summed E-state index contributed by atoms with van der Waals surface area (Å²) in [5.74, 6) is -3.62. The maximum absolute atomic E-state index is 13.2. The zero-order valence-electron chi connectivity index (χ0n) is 10.0. The third kappa shape index (κ3) is 2.00. The molecule has 1 heterocycles. The lowest BCUT2D eigenvalue weighted by Gasteiger charge is -2.16. The van der Waals surface area contributed by atoms with Crippen LogP contribution in [0.25, 0.3) is 0 Å². The fourth-order valence-electron chi connectivity index (χ4n) is 2.03. The van der Waals surface area contributed by atoms with Gasteiger partial charge in [-0.05, 0) is 12.5 Å². The van der Waals surface area contributed by atoms with E-state index in [4.69, 9.17) is 0 Å². The van der Waals surface area contributed by atoms with Crippen LogP contribution in [0.2, 0.25) is 0 Å². The first-order chi connectivity index (χ1) is 8.56.